The second-order valence-corrected chi connectivity index (χ2v) is 3.31. The molecule has 0 saturated heterocycles. The van der Waals surface area contributed by atoms with Crippen molar-refractivity contribution in [3.63, 3.8) is 0 Å². The standard InChI is InChI=1S/C10H19NO3/c1-3-5-6-7-8(10(13)14)11-9(12)4-2/h8H,3-7H2,1-2H3,(H,11,12)(H,13,14). The highest BCUT2D eigenvalue weighted by Gasteiger charge is 2.17. The average Bonchev–Trinajstić information content (AvgIpc) is 2.16. The van der Waals surface area contributed by atoms with E-state index in [2.05, 4.69) is 12.2 Å². The molecule has 0 aromatic carbocycles. The van der Waals surface area contributed by atoms with E-state index in [-0.39, 0.29) is 5.91 Å². The number of nitrogens with one attached hydrogen (secondary N) is 1. The fourth-order valence-electron chi connectivity index (χ4n) is 1.15. The number of carboxylic acid groups (broad SMARTS) is 1. The maximum absolute atomic E-state index is 11.0. The van der Waals surface area contributed by atoms with Gasteiger partial charge in [-0.15, -0.1) is 0 Å². The molecule has 0 aliphatic carbocycles. The summed E-state index contributed by atoms with van der Waals surface area (Å²) in [6.07, 6.45) is 3.75. The highest BCUT2D eigenvalue weighted by atomic mass is 16.4. The summed E-state index contributed by atoms with van der Waals surface area (Å²) in [5, 5.41) is 11.3. The molecule has 4 heteroatoms. The summed E-state index contributed by atoms with van der Waals surface area (Å²) in [4.78, 5) is 21.7. The molecule has 0 heterocycles. The van der Waals surface area contributed by atoms with Crippen LogP contribution in [-0.4, -0.2) is 23.0 Å². The highest BCUT2D eigenvalue weighted by Crippen LogP contribution is 2.03. The van der Waals surface area contributed by atoms with E-state index in [1.54, 1.807) is 6.92 Å². The lowest BCUT2D eigenvalue weighted by Gasteiger charge is -2.13. The van der Waals surface area contributed by atoms with Gasteiger partial charge in [0.25, 0.3) is 0 Å². The summed E-state index contributed by atoms with van der Waals surface area (Å²) in [7, 11) is 0. The van der Waals surface area contributed by atoms with Crippen LogP contribution >= 0.6 is 0 Å². The molecule has 2 N–H and O–H groups in total. The van der Waals surface area contributed by atoms with Crippen molar-refractivity contribution in [1.29, 1.82) is 0 Å². The Hall–Kier alpha value is -1.06. The number of hydrogen-bond donors (Lipinski definition) is 2. The van der Waals surface area contributed by atoms with E-state index in [1.165, 1.54) is 0 Å². The zero-order valence-electron chi connectivity index (χ0n) is 8.88. The monoisotopic (exact) mass is 201 g/mol. The molecule has 4 nitrogen and oxygen atoms in total. The number of aliphatic carboxylic acids is 1. The summed E-state index contributed by atoms with van der Waals surface area (Å²) in [5.74, 6) is -1.14. The van der Waals surface area contributed by atoms with E-state index in [0.717, 1.165) is 19.3 Å². The number of carbonyl (C=O) groups excluding carboxylic acids is 1. The summed E-state index contributed by atoms with van der Waals surface area (Å²) in [6, 6.07) is -0.714. The van der Waals surface area contributed by atoms with Gasteiger partial charge in [-0.3, -0.25) is 4.79 Å². The first kappa shape index (κ1) is 12.9. The third-order valence-corrected chi connectivity index (χ3v) is 2.05. The van der Waals surface area contributed by atoms with Crippen LogP contribution in [0.4, 0.5) is 0 Å². The van der Waals surface area contributed by atoms with E-state index in [0.29, 0.717) is 12.8 Å². The minimum absolute atomic E-state index is 0.200. The largest absolute Gasteiger partial charge is 0.480 e. The molecule has 1 unspecified atom stereocenters. The molecule has 82 valence electrons. The van der Waals surface area contributed by atoms with Crippen LogP contribution in [0.1, 0.15) is 46.0 Å². The van der Waals surface area contributed by atoms with E-state index < -0.39 is 12.0 Å². The van der Waals surface area contributed by atoms with Crippen molar-refractivity contribution in [1.82, 2.24) is 5.32 Å². The van der Waals surface area contributed by atoms with Crippen molar-refractivity contribution < 1.29 is 14.7 Å². The fourth-order valence-corrected chi connectivity index (χ4v) is 1.15. The maximum Gasteiger partial charge on any atom is 0.326 e. The molecule has 0 aliphatic heterocycles. The van der Waals surface area contributed by atoms with Gasteiger partial charge in [-0.1, -0.05) is 33.1 Å². The number of unbranched alkanes of at least 4 members (excludes halogenated alkanes) is 2. The van der Waals surface area contributed by atoms with Crippen molar-refractivity contribution in [2.45, 2.75) is 52.0 Å². The summed E-state index contributed by atoms with van der Waals surface area (Å²) in [5.41, 5.74) is 0. The van der Waals surface area contributed by atoms with Gasteiger partial charge < -0.3 is 10.4 Å². The first-order chi connectivity index (χ1) is 6.61. The minimum atomic E-state index is -0.942. The van der Waals surface area contributed by atoms with E-state index >= 15 is 0 Å². The van der Waals surface area contributed by atoms with Crippen LogP contribution in [0, 0.1) is 0 Å². The Labute approximate surface area is 84.7 Å². The molecule has 14 heavy (non-hydrogen) atoms. The molecule has 0 aromatic rings. The van der Waals surface area contributed by atoms with E-state index in [4.69, 9.17) is 5.11 Å². The average molecular weight is 201 g/mol. The van der Waals surface area contributed by atoms with Crippen LogP contribution in [0.2, 0.25) is 0 Å². The van der Waals surface area contributed by atoms with Gasteiger partial charge in [-0.05, 0) is 6.42 Å². The number of amides is 1. The molecular weight excluding hydrogens is 182 g/mol. The van der Waals surface area contributed by atoms with Crippen molar-refractivity contribution in [3.05, 3.63) is 0 Å². The molecular formula is C10H19NO3. The first-order valence-electron chi connectivity index (χ1n) is 5.14. The molecule has 0 fully saturated rings. The zero-order valence-corrected chi connectivity index (χ0v) is 8.88. The van der Waals surface area contributed by atoms with Crippen molar-refractivity contribution >= 4 is 11.9 Å². The predicted molar refractivity (Wildman–Crippen MR) is 54.0 cm³/mol. The van der Waals surface area contributed by atoms with Gasteiger partial charge in [0.15, 0.2) is 0 Å². The third-order valence-electron chi connectivity index (χ3n) is 2.05. The Balaban J connectivity index is 3.90. The van der Waals surface area contributed by atoms with Crippen molar-refractivity contribution in [2.75, 3.05) is 0 Å². The maximum atomic E-state index is 11.0. The molecule has 0 spiro atoms. The van der Waals surface area contributed by atoms with Crippen LogP contribution in [-0.2, 0) is 9.59 Å². The minimum Gasteiger partial charge on any atom is -0.480 e. The Morgan fingerprint density at radius 3 is 2.36 bits per heavy atom. The Kier molecular flexibility index (Phi) is 6.80. The van der Waals surface area contributed by atoms with E-state index in [9.17, 15) is 9.59 Å². The van der Waals surface area contributed by atoms with Crippen LogP contribution in [0.25, 0.3) is 0 Å². The van der Waals surface area contributed by atoms with Gasteiger partial charge in [-0.2, -0.15) is 0 Å². The number of carbonyl (C=O) groups is 2. The zero-order chi connectivity index (χ0) is 11.0. The van der Waals surface area contributed by atoms with Gasteiger partial charge in [0.2, 0.25) is 5.91 Å². The van der Waals surface area contributed by atoms with Crippen LogP contribution in [0.5, 0.6) is 0 Å². The third kappa shape index (κ3) is 5.56. The summed E-state index contributed by atoms with van der Waals surface area (Å²) >= 11 is 0. The normalized spacial score (nSPS) is 12.1. The topological polar surface area (TPSA) is 66.4 Å². The van der Waals surface area contributed by atoms with Gasteiger partial charge in [-0.25, -0.2) is 4.79 Å². The number of rotatable bonds is 7. The molecule has 1 atom stereocenters. The van der Waals surface area contributed by atoms with E-state index in [1.807, 2.05) is 0 Å². The SMILES string of the molecule is CCCCCC(NC(=O)CC)C(=O)O. The van der Waals surface area contributed by atoms with Gasteiger partial charge in [0, 0.05) is 6.42 Å². The quantitative estimate of drug-likeness (QED) is 0.614. The Morgan fingerprint density at radius 2 is 1.93 bits per heavy atom. The molecule has 1 amide bonds. The molecule has 0 bridgehead atoms. The summed E-state index contributed by atoms with van der Waals surface area (Å²) < 4.78 is 0. The predicted octanol–water partition coefficient (Wildman–Crippen LogP) is 1.55. The molecule has 0 aromatic heterocycles. The molecule has 0 rings (SSSR count). The second-order valence-electron chi connectivity index (χ2n) is 3.31. The lowest BCUT2D eigenvalue weighted by atomic mass is 10.1. The van der Waals surface area contributed by atoms with Gasteiger partial charge in [0.1, 0.15) is 6.04 Å². The first-order valence-corrected chi connectivity index (χ1v) is 5.14. The van der Waals surface area contributed by atoms with Crippen LogP contribution < -0.4 is 5.32 Å². The molecule has 0 radical (unpaired) electrons. The smallest absolute Gasteiger partial charge is 0.326 e. The van der Waals surface area contributed by atoms with Gasteiger partial charge >= 0.3 is 5.97 Å². The summed E-state index contributed by atoms with van der Waals surface area (Å²) in [6.45, 7) is 3.76. The second kappa shape index (κ2) is 7.35. The number of carboxylic acids is 1. The molecule has 0 aliphatic rings. The fraction of sp³-hybridized carbons (Fsp3) is 0.800. The highest BCUT2D eigenvalue weighted by molar-refractivity contribution is 5.83. The van der Waals surface area contributed by atoms with Crippen molar-refractivity contribution in [2.24, 2.45) is 0 Å². The Morgan fingerprint density at radius 1 is 1.29 bits per heavy atom. The molecule has 0 saturated carbocycles. The Bertz CT molecular complexity index is 192. The lowest BCUT2D eigenvalue weighted by Crippen LogP contribution is -2.40. The van der Waals surface area contributed by atoms with Gasteiger partial charge in [0.05, 0.1) is 0 Å². The van der Waals surface area contributed by atoms with Crippen LogP contribution in [0.15, 0.2) is 0 Å². The number of hydrogen-bond acceptors (Lipinski definition) is 2. The van der Waals surface area contributed by atoms with Crippen molar-refractivity contribution in [3.8, 4) is 0 Å². The lowest BCUT2D eigenvalue weighted by molar-refractivity contribution is -0.142. The van der Waals surface area contributed by atoms with Crippen LogP contribution in [0.3, 0.4) is 0 Å².